The average molecular weight is 358 g/mol. The van der Waals surface area contributed by atoms with Crippen LogP contribution in [0.25, 0.3) is 0 Å². The summed E-state index contributed by atoms with van der Waals surface area (Å²) < 4.78 is 0. The van der Waals surface area contributed by atoms with Crippen molar-refractivity contribution in [3.8, 4) is 0 Å². The summed E-state index contributed by atoms with van der Waals surface area (Å²) in [5, 5.41) is 9.54. The van der Waals surface area contributed by atoms with Crippen molar-refractivity contribution in [1.29, 1.82) is 0 Å². The maximum Gasteiger partial charge on any atom is 0.313 e. The zero-order valence-corrected chi connectivity index (χ0v) is 16.2. The Morgan fingerprint density at radius 1 is 1.24 bits per heavy atom. The minimum atomic E-state index is -0.747. The van der Waals surface area contributed by atoms with E-state index in [2.05, 4.69) is 29.8 Å². The van der Waals surface area contributed by atoms with E-state index in [9.17, 15) is 9.90 Å². The van der Waals surface area contributed by atoms with Gasteiger partial charge < -0.3 is 5.11 Å². The lowest BCUT2D eigenvalue weighted by Crippen LogP contribution is -2.29. The number of nitrogens with zero attached hydrogens (tertiary/aromatic N) is 1. The van der Waals surface area contributed by atoms with Gasteiger partial charge in [-0.1, -0.05) is 43.4 Å². The highest BCUT2D eigenvalue weighted by atomic mass is 32.2. The average Bonchev–Trinajstić information content (AvgIpc) is 2.65. The van der Waals surface area contributed by atoms with E-state index < -0.39 is 11.4 Å². The molecule has 1 unspecified atom stereocenters. The molecule has 1 atom stereocenters. The minimum absolute atomic E-state index is 0.616. The molecule has 0 fully saturated rings. The lowest BCUT2D eigenvalue weighted by Gasteiger charge is -2.29. The number of aliphatic imine (C=N–C) groups is 1. The van der Waals surface area contributed by atoms with Gasteiger partial charge in [-0.25, -0.2) is 0 Å². The first-order chi connectivity index (χ1) is 11.9. The topological polar surface area (TPSA) is 49.7 Å². The predicted molar refractivity (Wildman–Crippen MR) is 108 cm³/mol. The van der Waals surface area contributed by atoms with Crippen molar-refractivity contribution >= 4 is 23.3 Å². The summed E-state index contributed by atoms with van der Waals surface area (Å²) in [6.45, 7) is 7.80. The molecule has 25 heavy (non-hydrogen) atoms. The van der Waals surface area contributed by atoms with Gasteiger partial charge in [0.1, 0.15) is 0 Å². The number of carboxylic acids is 1. The molecule has 134 valence electrons. The molecule has 2 aliphatic rings. The first-order valence-corrected chi connectivity index (χ1v) is 9.99. The molecule has 0 spiro atoms. The molecule has 0 aliphatic heterocycles. The van der Waals surface area contributed by atoms with Gasteiger partial charge >= 0.3 is 5.97 Å². The highest BCUT2D eigenvalue weighted by molar-refractivity contribution is 8.11. The number of hydrogen-bond acceptors (Lipinski definition) is 3. The van der Waals surface area contributed by atoms with Crippen LogP contribution in [-0.2, 0) is 4.79 Å². The van der Waals surface area contributed by atoms with Gasteiger partial charge in [0.15, 0.2) is 0 Å². The Morgan fingerprint density at radius 2 is 1.88 bits per heavy atom. The maximum atomic E-state index is 11.6. The maximum absolute atomic E-state index is 11.6. The van der Waals surface area contributed by atoms with Crippen LogP contribution in [0.3, 0.4) is 0 Å². The van der Waals surface area contributed by atoms with E-state index in [1.165, 1.54) is 16.7 Å². The number of rotatable bonds is 7. The van der Waals surface area contributed by atoms with E-state index in [1.54, 1.807) is 11.8 Å². The van der Waals surface area contributed by atoms with Crippen molar-refractivity contribution < 1.29 is 9.90 Å². The second kappa shape index (κ2) is 8.52. The molecular formula is C21H27NO2S. The molecule has 0 saturated carbocycles. The highest BCUT2D eigenvalue weighted by Crippen LogP contribution is 2.39. The van der Waals surface area contributed by atoms with Crippen LogP contribution >= 0.6 is 11.8 Å². The van der Waals surface area contributed by atoms with E-state index in [-0.39, 0.29) is 0 Å². The Morgan fingerprint density at radius 3 is 2.32 bits per heavy atom. The normalized spacial score (nSPS) is 20.3. The quantitative estimate of drug-likeness (QED) is 0.470. The zero-order valence-electron chi connectivity index (χ0n) is 15.3. The van der Waals surface area contributed by atoms with Crippen LogP contribution in [0, 0.1) is 5.41 Å². The van der Waals surface area contributed by atoms with Crippen LogP contribution in [0.1, 0.15) is 46.0 Å². The summed E-state index contributed by atoms with van der Waals surface area (Å²) in [6.07, 6.45) is 14.7. The van der Waals surface area contributed by atoms with Crippen molar-refractivity contribution in [3.05, 3.63) is 58.9 Å². The van der Waals surface area contributed by atoms with Crippen molar-refractivity contribution in [3.63, 3.8) is 0 Å². The molecule has 3 nitrogen and oxygen atoms in total. The van der Waals surface area contributed by atoms with Crippen molar-refractivity contribution in [2.24, 2.45) is 10.4 Å². The molecule has 4 heteroatoms. The van der Waals surface area contributed by atoms with Gasteiger partial charge in [-0.3, -0.25) is 9.79 Å². The Kier molecular flexibility index (Phi) is 6.65. The van der Waals surface area contributed by atoms with Gasteiger partial charge in [-0.05, 0) is 62.0 Å². The molecular weight excluding hydrogens is 330 g/mol. The van der Waals surface area contributed by atoms with Crippen molar-refractivity contribution in [2.45, 2.75) is 46.0 Å². The van der Waals surface area contributed by atoms with Gasteiger partial charge in [-0.2, -0.15) is 0 Å². The van der Waals surface area contributed by atoms with E-state index >= 15 is 0 Å². The summed E-state index contributed by atoms with van der Waals surface area (Å²) in [5.41, 5.74) is 6.78. The van der Waals surface area contributed by atoms with E-state index in [0.717, 1.165) is 37.0 Å². The van der Waals surface area contributed by atoms with Crippen molar-refractivity contribution in [2.75, 3.05) is 6.26 Å². The first kappa shape index (κ1) is 19.5. The van der Waals surface area contributed by atoms with Crippen LogP contribution in [-0.4, -0.2) is 22.9 Å². The fourth-order valence-electron chi connectivity index (χ4n) is 3.22. The first-order valence-electron chi connectivity index (χ1n) is 8.70. The molecule has 0 heterocycles. The summed E-state index contributed by atoms with van der Waals surface area (Å²) in [5.74, 6) is -0.730. The molecule has 0 radical (unpaired) electrons. The van der Waals surface area contributed by atoms with Crippen LogP contribution in [0.2, 0.25) is 0 Å². The third kappa shape index (κ3) is 4.43. The summed E-state index contributed by atoms with van der Waals surface area (Å²) >= 11 is 1.57. The lowest BCUT2D eigenvalue weighted by molar-refractivity contribution is -0.146. The number of carbonyl (C=O) groups is 1. The monoisotopic (exact) mass is 357 g/mol. The summed E-state index contributed by atoms with van der Waals surface area (Å²) in [4.78, 5) is 15.9. The number of thioether (sulfide) groups is 1. The molecule has 0 aromatic rings. The summed E-state index contributed by atoms with van der Waals surface area (Å²) in [7, 11) is 0. The van der Waals surface area contributed by atoms with Crippen LogP contribution in [0.4, 0.5) is 0 Å². The fraction of sp³-hybridized carbons (Fsp3) is 0.429. The van der Waals surface area contributed by atoms with Crippen LogP contribution in [0.15, 0.2) is 63.9 Å². The molecule has 0 amide bonds. The van der Waals surface area contributed by atoms with Gasteiger partial charge in [-0.15, -0.1) is 11.8 Å². The molecule has 0 aromatic carbocycles. The van der Waals surface area contributed by atoms with Gasteiger partial charge in [0.2, 0.25) is 0 Å². The van der Waals surface area contributed by atoms with E-state index in [0.29, 0.717) is 6.42 Å². The second-order valence-electron chi connectivity index (χ2n) is 6.68. The molecule has 0 saturated heterocycles. The SMILES string of the molecule is C=C(N=CSC)C1=CC=C(C2=CC=C(C(C)(CC)C(=O)O)CC2)CC1. The van der Waals surface area contributed by atoms with Gasteiger partial charge in [0.25, 0.3) is 0 Å². The van der Waals surface area contributed by atoms with Crippen molar-refractivity contribution in [1.82, 2.24) is 0 Å². The molecule has 2 rings (SSSR count). The molecule has 1 N–H and O–H groups in total. The Bertz CT molecular complexity index is 709. The van der Waals surface area contributed by atoms with E-state index in [1.807, 2.05) is 31.7 Å². The Balaban J connectivity index is 2.15. The smallest absolute Gasteiger partial charge is 0.313 e. The third-order valence-electron chi connectivity index (χ3n) is 5.28. The van der Waals surface area contributed by atoms with Gasteiger partial charge in [0, 0.05) is 0 Å². The minimum Gasteiger partial charge on any atom is -0.481 e. The van der Waals surface area contributed by atoms with Crippen LogP contribution < -0.4 is 0 Å². The second-order valence-corrected chi connectivity index (χ2v) is 7.36. The third-order valence-corrected chi connectivity index (χ3v) is 5.60. The molecule has 0 aromatic heterocycles. The molecule has 0 bridgehead atoms. The number of allylic oxidation sites excluding steroid dienone is 7. The lowest BCUT2D eigenvalue weighted by atomic mass is 9.74. The predicted octanol–water partition coefficient (Wildman–Crippen LogP) is 5.69. The number of aliphatic carboxylic acids is 1. The molecule has 2 aliphatic carbocycles. The standard InChI is InChI=1S/C21H27NO2S/c1-5-21(3,20(23)24)19-12-10-18(11-13-19)17-8-6-16(7-9-17)15(2)22-14-25-4/h6,8,10,12,14H,2,5,7,9,11,13H2,1,3-4H3,(H,23,24). The number of carboxylic acid groups (broad SMARTS) is 1. The Labute approximate surface area is 155 Å². The Hall–Kier alpha value is -1.81. The fourth-order valence-corrected chi connectivity index (χ4v) is 3.46. The largest absolute Gasteiger partial charge is 0.481 e. The van der Waals surface area contributed by atoms with Gasteiger partial charge in [0.05, 0.1) is 16.7 Å². The van der Waals surface area contributed by atoms with Crippen LogP contribution in [0.5, 0.6) is 0 Å². The summed E-state index contributed by atoms with van der Waals surface area (Å²) in [6, 6.07) is 0. The highest BCUT2D eigenvalue weighted by Gasteiger charge is 2.35. The zero-order chi connectivity index (χ0) is 18.4. The number of hydrogen-bond donors (Lipinski definition) is 1. The van der Waals surface area contributed by atoms with E-state index in [4.69, 9.17) is 0 Å².